The van der Waals surface area contributed by atoms with Crippen LogP contribution >= 0.6 is 23.5 Å². The standard InChI is InChI=1S/C12H16FNS2/c1-8-4-9(6-10(13)5-8)12(14)11-7-15-2-3-16-11/h4-6,11-12H,2-3,7,14H2,1H3. The summed E-state index contributed by atoms with van der Waals surface area (Å²) in [4.78, 5) is 0. The van der Waals surface area contributed by atoms with E-state index in [1.54, 1.807) is 12.1 Å². The smallest absolute Gasteiger partial charge is 0.123 e. The maximum absolute atomic E-state index is 13.3. The van der Waals surface area contributed by atoms with Gasteiger partial charge >= 0.3 is 0 Å². The van der Waals surface area contributed by atoms with Crippen LogP contribution in [0.3, 0.4) is 0 Å². The normalized spacial score (nSPS) is 23.1. The molecule has 1 nitrogen and oxygen atoms in total. The number of hydrogen-bond acceptors (Lipinski definition) is 3. The highest BCUT2D eigenvalue weighted by molar-refractivity contribution is 8.06. The van der Waals surface area contributed by atoms with Gasteiger partial charge < -0.3 is 5.73 Å². The van der Waals surface area contributed by atoms with Crippen molar-refractivity contribution in [2.24, 2.45) is 5.73 Å². The zero-order valence-corrected chi connectivity index (χ0v) is 10.9. The van der Waals surface area contributed by atoms with E-state index in [0.29, 0.717) is 5.25 Å². The van der Waals surface area contributed by atoms with E-state index in [0.717, 1.165) is 22.6 Å². The monoisotopic (exact) mass is 257 g/mol. The Morgan fingerprint density at radius 1 is 1.38 bits per heavy atom. The molecule has 0 bridgehead atoms. The summed E-state index contributed by atoms with van der Waals surface area (Å²) < 4.78 is 13.3. The van der Waals surface area contributed by atoms with Crippen molar-refractivity contribution in [1.82, 2.24) is 0 Å². The molecular weight excluding hydrogens is 241 g/mol. The van der Waals surface area contributed by atoms with E-state index in [1.807, 2.05) is 36.5 Å². The van der Waals surface area contributed by atoms with Crippen molar-refractivity contribution in [3.8, 4) is 0 Å². The van der Waals surface area contributed by atoms with Gasteiger partial charge in [-0.05, 0) is 30.2 Å². The van der Waals surface area contributed by atoms with Gasteiger partial charge in [-0.15, -0.1) is 0 Å². The third kappa shape index (κ3) is 2.93. The highest BCUT2D eigenvalue weighted by Gasteiger charge is 2.23. The summed E-state index contributed by atoms with van der Waals surface area (Å²) in [5.74, 6) is 3.24. The van der Waals surface area contributed by atoms with Crippen LogP contribution in [0, 0.1) is 12.7 Å². The first-order chi connectivity index (χ1) is 7.66. The Labute approximate surface area is 104 Å². The first-order valence-corrected chi connectivity index (χ1v) is 7.59. The van der Waals surface area contributed by atoms with E-state index < -0.39 is 0 Å². The second kappa shape index (κ2) is 5.43. The topological polar surface area (TPSA) is 26.0 Å². The van der Waals surface area contributed by atoms with Crippen molar-refractivity contribution in [3.63, 3.8) is 0 Å². The Bertz CT molecular complexity index is 344. The number of nitrogens with two attached hydrogens (primary N) is 1. The molecule has 1 aromatic carbocycles. The molecule has 1 aromatic rings. The van der Waals surface area contributed by atoms with Crippen molar-refractivity contribution >= 4 is 23.5 Å². The molecule has 0 aromatic heterocycles. The molecular formula is C12H16FNS2. The minimum absolute atomic E-state index is 0.0489. The summed E-state index contributed by atoms with van der Waals surface area (Å²) in [5.41, 5.74) is 8.08. The molecule has 1 aliphatic rings. The molecule has 4 heteroatoms. The largest absolute Gasteiger partial charge is 0.323 e. The molecule has 2 N–H and O–H groups in total. The van der Waals surface area contributed by atoms with Crippen LogP contribution in [0.2, 0.25) is 0 Å². The van der Waals surface area contributed by atoms with Gasteiger partial charge in [0.15, 0.2) is 0 Å². The lowest BCUT2D eigenvalue weighted by Crippen LogP contribution is -2.28. The summed E-state index contributed by atoms with van der Waals surface area (Å²) >= 11 is 3.85. The maximum atomic E-state index is 13.3. The van der Waals surface area contributed by atoms with Gasteiger partial charge in [0.25, 0.3) is 0 Å². The Hall–Kier alpha value is -0.190. The second-order valence-corrected chi connectivity index (χ2v) is 6.57. The Morgan fingerprint density at radius 3 is 2.81 bits per heavy atom. The van der Waals surface area contributed by atoms with Crippen molar-refractivity contribution in [2.45, 2.75) is 18.2 Å². The minimum Gasteiger partial charge on any atom is -0.323 e. The molecule has 2 rings (SSSR count). The third-order valence-corrected chi connectivity index (χ3v) is 5.58. The molecule has 16 heavy (non-hydrogen) atoms. The highest BCUT2D eigenvalue weighted by atomic mass is 32.2. The van der Waals surface area contributed by atoms with Crippen LogP contribution in [-0.2, 0) is 0 Å². The van der Waals surface area contributed by atoms with E-state index in [4.69, 9.17) is 5.73 Å². The summed E-state index contributed by atoms with van der Waals surface area (Å²) in [6.07, 6.45) is 0. The summed E-state index contributed by atoms with van der Waals surface area (Å²) in [6, 6.07) is 5.05. The molecule has 1 aliphatic heterocycles. The average molecular weight is 257 g/mol. The van der Waals surface area contributed by atoms with Crippen molar-refractivity contribution in [3.05, 3.63) is 35.1 Å². The fourth-order valence-electron chi connectivity index (χ4n) is 1.89. The lowest BCUT2D eigenvalue weighted by molar-refractivity contribution is 0.617. The molecule has 1 heterocycles. The molecule has 88 valence electrons. The SMILES string of the molecule is Cc1cc(F)cc(C(N)C2CSCCS2)c1. The van der Waals surface area contributed by atoms with Gasteiger partial charge in [0, 0.05) is 28.6 Å². The number of rotatable bonds is 2. The molecule has 0 amide bonds. The highest BCUT2D eigenvalue weighted by Crippen LogP contribution is 2.32. The summed E-state index contributed by atoms with van der Waals surface area (Å²) in [6.45, 7) is 1.90. The molecule has 0 saturated carbocycles. The van der Waals surface area contributed by atoms with Crippen LogP contribution in [0.25, 0.3) is 0 Å². The zero-order valence-electron chi connectivity index (χ0n) is 9.28. The molecule has 1 fully saturated rings. The lowest BCUT2D eigenvalue weighted by Gasteiger charge is -2.27. The summed E-state index contributed by atoms with van der Waals surface area (Å²) in [7, 11) is 0. The van der Waals surface area contributed by atoms with Crippen LogP contribution in [0.1, 0.15) is 17.2 Å². The number of benzene rings is 1. The van der Waals surface area contributed by atoms with E-state index in [9.17, 15) is 4.39 Å². The Morgan fingerprint density at radius 2 is 2.19 bits per heavy atom. The predicted molar refractivity (Wildman–Crippen MR) is 71.6 cm³/mol. The number of thioether (sulfide) groups is 2. The van der Waals surface area contributed by atoms with E-state index in [2.05, 4.69) is 0 Å². The third-order valence-electron chi connectivity index (χ3n) is 2.69. The molecule has 2 unspecified atom stereocenters. The summed E-state index contributed by atoms with van der Waals surface area (Å²) in [5, 5.41) is 0.417. The van der Waals surface area contributed by atoms with Crippen LogP contribution in [-0.4, -0.2) is 22.5 Å². The van der Waals surface area contributed by atoms with Gasteiger partial charge in [-0.2, -0.15) is 23.5 Å². The second-order valence-electron chi connectivity index (χ2n) is 4.07. The molecule has 0 aliphatic carbocycles. The van der Waals surface area contributed by atoms with E-state index in [-0.39, 0.29) is 11.9 Å². The van der Waals surface area contributed by atoms with E-state index in [1.165, 1.54) is 5.75 Å². The molecule has 0 spiro atoms. The zero-order chi connectivity index (χ0) is 11.5. The number of halogens is 1. The van der Waals surface area contributed by atoms with Gasteiger partial charge in [-0.1, -0.05) is 6.07 Å². The molecule has 1 saturated heterocycles. The first kappa shape index (κ1) is 12.3. The van der Waals surface area contributed by atoms with E-state index >= 15 is 0 Å². The van der Waals surface area contributed by atoms with Crippen molar-refractivity contribution < 1.29 is 4.39 Å². The molecule has 0 radical (unpaired) electrons. The maximum Gasteiger partial charge on any atom is 0.123 e. The first-order valence-electron chi connectivity index (χ1n) is 5.39. The van der Waals surface area contributed by atoms with Crippen LogP contribution < -0.4 is 5.73 Å². The number of aryl methyl sites for hydroxylation is 1. The number of hydrogen-bond donors (Lipinski definition) is 1. The van der Waals surface area contributed by atoms with Crippen LogP contribution in [0.5, 0.6) is 0 Å². The molecule has 2 atom stereocenters. The van der Waals surface area contributed by atoms with Crippen LogP contribution in [0.15, 0.2) is 18.2 Å². The van der Waals surface area contributed by atoms with Gasteiger partial charge in [0.05, 0.1) is 0 Å². The minimum atomic E-state index is -0.182. The van der Waals surface area contributed by atoms with Gasteiger partial charge in [-0.3, -0.25) is 0 Å². The van der Waals surface area contributed by atoms with Gasteiger partial charge in [-0.25, -0.2) is 4.39 Å². The van der Waals surface area contributed by atoms with Gasteiger partial charge in [0.1, 0.15) is 5.82 Å². The quantitative estimate of drug-likeness (QED) is 0.882. The lowest BCUT2D eigenvalue weighted by atomic mass is 10.0. The fraction of sp³-hybridized carbons (Fsp3) is 0.500. The van der Waals surface area contributed by atoms with Crippen molar-refractivity contribution in [1.29, 1.82) is 0 Å². The fourth-order valence-corrected chi connectivity index (χ4v) is 4.69. The average Bonchev–Trinajstić information content (AvgIpc) is 2.28. The van der Waals surface area contributed by atoms with Crippen LogP contribution in [0.4, 0.5) is 4.39 Å². The van der Waals surface area contributed by atoms with Crippen molar-refractivity contribution in [2.75, 3.05) is 17.3 Å². The Kier molecular flexibility index (Phi) is 4.16. The Balaban J connectivity index is 2.15. The van der Waals surface area contributed by atoms with Gasteiger partial charge in [0.2, 0.25) is 0 Å². The predicted octanol–water partition coefficient (Wildman–Crippen LogP) is 2.98.